The summed E-state index contributed by atoms with van der Waals surface area (Å²) in [5.74, 6) is -0.724. The molecule has 0 saturated carbocycles. The maximum Gasteiger partial charge on any atom is 0.213 e. The van der Waals surface area contributed by atoms with Crippen molar-refractivity contribution in [3.63, 3.8) is 0 Å². The third-order valence-corrected chi connectivity index (χ3v) is 7.27. The van der Waals surface area contributed by atoms with E-state index in [9.17, 15) is 9.50 Å². The molecule has 8 nitrogen and oxygen atoms in total. The molecular formula is C27H29F2N7OS. The van der Waals surface area contributed by atoms with Gasteiger partial charge < -0.3 is 15.7 Å². The second kappa shape index (κ2) is 12.6. The van der Waals surface area contributed by atoms with E-state index in [1.54, 1.807) is 24.0 Å². The molecule has 3 N–H and O–H groups in total. The fourth-order valence-electron chi connectivity index (χ4n) is 3.93. The van der Waals surface area contributed by atoms with Gasteiger partial charge in [-0.2, -0.15) is 4.39 Å². The largest absolute Gasteiger partial charge is 0.395 e. The van der Waals surface area contributed by atoms with Crippen LogP contribution in [0, 0.1) is 5.95 Å². The molecule has 0 bridgehead atoms. The van der Waals surface area contributed by atoms with Crippen molar-refractivity contribution >= 4 is 33.2 Å². The van der Waals surface area contributed by atoms with Gasteiger partial charge in [0.1, 0.15) is 11.6 Å². The minimum absolute atomic E-state index is 0.00888. The van der Waals surface area contributed by atoms with Crippen LogP contribution in [0.4, 0.5) is 8.78 Å². The zero-order valence-electron chi connectivity index (χ0n) is 21.2. The molecular weight excluding hydrogens is 508 g/mol. The third kappa shape index (κ3) is 6.55. The molecule has 3 heterocycles. The molecule has 1 aromatic carbocycles. The maximum atomic E-state index is 15.0. The third-order valence-electron chi connectivity index (χ3n) is 5.97. The highest BCUT2D eigenvalue weighted by molar-refractivity contribution is 7.20. The zero-order chi connectivity index (χ0) is 27.1. The number of nitrogens with one attached hydrogen (secondary N) is 2. The number of aliphatic imine (C=N–C) groups is 1. The Bertz CT molecular complexity index is 1460. The van der Waals surface area contributed by atoms with Crippen molar-refractivity contribution in [3.05, 3.63) is 83.5 Å². The van der Waals surface area contributed by atoms with E-state index in [0.717, 1.165) is 32.3 Å². The molecule has 4 rings (SSSR count). The number of hydrogen-bond donors (Lipinski definition) is 3. The number of allylic oxidation sites excluding steroid dienone is 2. The molecule has 38 heavy (non-hydrogen) atoms. The van der Waals surface area contributed by atoms with Crippen LogP contribution in [-0.2, 0) is 6.54 Å². The van der Waals surface area contributed by atoms with Gasteiger partial charge in [-0.3, -0.25) is 4.68 Å². The van der Waals surface area contributed by atoms with Crippen LogP contribution in [0.15, 0.2) is 72.1 Å². The molecule has 0 spiro atoms. The summed E-state index contributed by atoms with van der Waals surface area (Å²) >= 11 is 1.43. The Kier molecular flexibility index (Phi) is 9.06. The number of aliphatic hydroxyl groups is 1. The average Bonchev–Trinajstić information content (AvgIpc) is 3.60. The van der Waals surface area contributed by atoms with E-state index in [1.165, 1.54) is 23.6 Å². The van der Waals surface area contributed by atoms with Gasteiger partial charge in [-0.1, -0.05) is 30.0 Å². The SMILES string of the molecule is C=C(/N=C\C(F)=C(/C)c1cc2cccc(-c3cc(F)ncc3C(C)NCCO)c2s1)NCCn1ccnn1. The topological polar surface area (TPSA) is 100 Å². The number of hydrogen-bond acceptors (Lipinski definition) is 8. The van der Waals surface area contributed by atoms with E-state index >= 15 is 4.39 Å². The van der Waals surface area contributed by atoms with Crippen molar-refractivity contribution in [2.75, 3.05) is 19.7 Å². The highest BCUT2D eigenvalue weighted by Gasteiger charge is 2.17. The van der Waals surface area contributed by atoms with Crippen LogP contribution in [0.25, 0.3) is 26.8 Å². The van der Waals surface area contributed by atoms with E-state index < -0.39 is 11.8 Å². The highest BCUT2D eigenvalue weighted by Crippen LogP contribution is 2.40. The Morgan fingerprint density at radius 3 is 2.89 bits per heavy atom. The minimum Gasteiger partial charge on any atom is -0.395 e. The lowest BCUT2D eigenvalue weighted by Gasteiger charge is -2.18. The first-order valence-corrected chi connectivity index (χ1v) is 12.9. The van der Waals surface area contributed by atoms with E-state index in [1.807, 2.05) is 31.2 Å². The molecule has 4 aromatic rings. The summed E-state index contributed by atoms with van der Waals surface area (Å²) < 4.78 is 31.8. The summed E-state index contributed by atoms with van der Waals surface area (Å²) in [7, 11) is 0. The van der Waals surface area contributed by atoms with Gasteiger partial charge in [0.25, 0.3) is 0 Å². The molecule has 0 radical (unpaired) electrons. The lowest BCUT2D eigenvalue weighted by molar-refractivity contribution is 0.286. The van der Waals surface area contributed by atoms with Gasteiger partial charge in [0, 0.05) is 58.3 Å². The van der Waals surface area contributed by atoms with Gasteiger partial charge in [-0.25, -0.2) is 14.4 Å². The van der Waals surface area contributed by atoms with Crippen molar-refractivity contribution in [3.8, 4) is 11.1 Å². The van der Waals surface area contributed by atoms with Crippen LogP contribution < -0.4 is 10.6 Å². The molecule has 11 heteroatoms. The van der Waals surface area contributed by atoms with Gasteiger partial charge in [0.05, 0.1) is 25.6 Å². The Morgan fingerprint density at radius 2 is 2.13 bits per heavy atom. The smallest absolute Gasteiger partial charge is 0.213 e. The molecule has 1 atom stereocenters. The van der Waals surface area contributed by atoms with Crippen LogP contribution in [-0.4, -0.2) is 51.0 Å². The standard InChI is InChI=1S/C27H29F2N7OS/c1-17(24(28)16-32-19(3)31-7-10-36-11-8-34-35-36)25-13-20-5-4-6-21(27(20)38-25)22-14-26(29)33-15-23(22)18(2)30-9-12-37/h4-6,8,11,13-16,18,30-31,37H,3,7,9-10,12H2,1-2H3/b24-17-,32-16-. The number of aliphatic hydroxyl groups excluding tert-OH is 1. The van der Waals surface area contributed by atoms with Crippen molar-refractivity contribution in [2.45, 2.75) is 26.4 Å². The van der Waals surface area contributed by atoms with Gasteiger partial charge in [0.15, 0.2) is 0 Å². The summed E-state index contributed by atoms with van der Waals surface area (Å²) in [4.78, 5) is 8.68. The number of halogens is 2. The summed E-state index contributed by atoms with van der Waals surface area (Å²) in [5, 5.41) is 23.9. The minimum atomic E-state index is -0.583. The molecule has 0 aliphatic heterocycles. The van der Waals surface area contributed by atoms with Crippen molar-refractivity contribution in [2.24, 2.45) is 4.99 Å². The summed E-state index contributed by atoms with van der Waals surface area (Å²) in [6.45, 7) is 8.94. The van der Waals surface area contributed by atoms with Gasteiger partial charge in [0.2, 0.25) is 5.95 Å². The summed E-state index contributed by atoms with van der Waals surface area (Å²) in [6, 6.07) is 8.94. The number of thiophene rings is 1. The fourth-order valence-corrected chi connectivity index (χ4v) is 5.12. The number of pyridine rings is 1. The van der Waals surface area contributed by atoms with Gasteiger partial charge >= 0.3 is 0 Å². The summed E-state index contributed by atoms with van der Waals surface area (Å²) in [6.07, 6.45) is 6.01. The first-order valence-electron chi connectivity index (χ1n) is 12.1. The molecule has 0 aliphatic carbocycles. The number of aromatic nitrogens is 4. The van der Waals surface area contributed by atoms with E-state index in [2.05, 4.69) is 37.5 Å². The predicted octanol–water partition coefficient (Wildman–Crippen LogP) is 4.87. The van der Waals surface area contributed by atoms with Gasteiger partial charge in [-0.15, -0.1) is 16.4 Å². The summed E-state index contributed by atoms with van der Waals surface area (Å²) in [5.41, 5.74) is 2.78. The van der Waals surface area contributed by atoms with Crippen LogP contribution in [0.1, 0.15) is 30.3 Å². The lowest BCUT2D eigenvalue weighted by Crippen LogP contribution is -2.22. The quantitative estimate of drug-likeness (QED) is 0.176. The van der Waals surface area contributed by atoms with Crippen molar-refractivity contribution in [1.29, 1.82) is 0 Å². The van der Waals surface area contributed by atoms with E-state index in [4.69, 9.17) is 0 Å². The molecule has 3 aromatic heterocycles. The maximum absolute atomic E-state index is 15.0. The van der Waals surface area contributed by atoms with Crippen LogP contribution in [0.5, 0.6) is 0 Å². The Balaban J connectivity index is 1.57. The number of nitrogens with zero attached hydrogens (tertiary/aromatic N) is 5. The predicted molar refractivity (Wildman–Crippen MR) is 148 cm³/mol. The van der Waals surface area contributed by atoms with E-state index in [-0.39, 0.29) is 12.6 Å². The zero-order valence-corrected chi connectivity index (χ0v) is 22.0. The Hall–Kier alpha value is -3.80. The molecule has 0 fully saturated rings. The van der Waals surface area contributed by atoms with Crippen LogP contribution in [0.2, 0.25) is 0 Å². The number of fused-ring (bicyclic) bond motifs is 1. The number of rotatable bonds is 12. The molecule has 198 valence electrons. The molecule has 0 saturated heterocycles. The molecule has 0 aliphatic rings. The first kappa shape index (κ1) is 27.2. The Labute approximate surface area is 223 Å². The number of benzene rings is 1. The average molecular weight is 538 g/mol. The molecule has 1 unspecified atom stereocenters. The molecule has 0 amide bonds. The van der Waals surface area contributed by atoms with E-state index in [0.29, 0.717) is 36.6 Å². The normalized spacial score (nSPS) is 13.2. The van der Waals surface area contributed by atoms with Crippen molar-refractivity contribution in [1.82, 2.24) is 30.6 Å². The Morgan fingerprint density at radius 1 is 1.29 bits per heavy atom. The van der Waals surface area contributed by atoms with Crippen LogP contribution in [0.3, 0.4) is 0 Å². The highest BCUT2D eigenvalue weighted by atomic mass is 32.1. The van der Waals surface area contributed by atoms with Crippen LogP contribution >= 0.6 is 11.3 Å². The fraction of sp³-hybridized carbons (Fsp3) is 0.259. The van der Waals surface area contributed by atoms with Gasteiger partial charge in [-0.05, 0) is 36.4 Å². The second-order valence-corrected chi connectivity index (χ2v) is 9.65. The monoisotopic (exact) mass is 537 g/mol. The first-order chi connectivity index (χ1) is 18.4. The lowest BCUT2D eigenvalue weighted by atomic mass is 9.96. The van der Waals surface area contributed by atoms with Crippen molar-refractivity contribution < 1.29 is 13.9 Å². The second-order valence-electron chi connectivity index (χ2n) is 8.60.